The molecule has 9 heteroatoms. The van der Waals surface area contributed by atoms with Gasteiger partial charge in [-0.15, -0.1) is 0 Å². The maximum atomic E-state index is 12.4. The van der Waals surface area contributed by atoms with Gasteiger partial charge in [0.1, 0.15) is 5.75 Å². The first-order valence-electron chi connectivity index (χ1n) is 10.8. The molecule has 0 aromatic heterocycles. The van der Waals surface area contributed by atoms with E-state index in [-0.39, 0.29) is 4.90 Å². The van der Waals surface area contributed by atoms with Crippen LogP contribution >= 0.6 is 0 Å². The molecular weight excluding hydrogens is 478 g/mol. The molecule has 0 saturated heterocycles. The van der Waals surface area contributed by atoms with E-state index in [2.05, 4.69) is 15.2 Å². The van der Waals surface area contributed by atoms with E-state index in [0.717, 1.165) is 0 Å². The van der Waals surface area contributed by atoms with Gasteiger partial charge in [0.15, 0.2) is 0 Å². The van der Waals surface area contributed by atoms with E-state index >= 15 is 0 Å². The lowest BCUT2D eigenvalue weighted by molar-refractivity contribution is 0.0734. The standard InChI is InChI=1S/C27H21N3O5S/c31-26(21-13-15-23(16-14-21)30-36(33,34)25-9-5-2-6-10-25)29-28-19-20-11-17-24(18-12-20)35-27(32)22-7-3-1-4-8-22/h1-19,30H,(H,29,31)/b28-19+. The average Bonchev–Trinajstić information content (AvgIpc) is 2.91. The summed E-state index contributed by atoms with van der Waals surface area (Å²) in [5.41, 5.74) is 4.18. The van der Waals surface area contributed by atoms with Gasteiger partial charge in [0.2, 0.25) is 0 Å². The minimum atomic E-state index is -3.72. The number of nitrogens with one attached hydrogen (secondary N) is 2. The summed E-state index contributed by atoms with van der Waals surface area (Å²) in [6, 6.07) is 29.3. The lowest BCUT2D eigenvalue weighted by atomic mass is 10.2. The van der Waals surface area contributed by atoms with Gasteiger partial charge in [-0.05, 0) is 78.4 Å². The van der Waals surface area contributed by atoms with Crippen LogP contribution in [0.1, 0.15) is 26.3 Å². The molecule has 0 aliphatic carbocycles. The highest BCUT2D eigenvalue weighted by Crippen LogP contribution is 2.17. The van der Waals surface area contributed by atoms with Crippen LogP contribution in [0.25, 0.3) is 0 Å². The first-order chi connectivity index (χ1) is 17.4. The summed E-state index contributed by atoms with van der Waals surface area (Å²) in [6.45, 7) is 0. The van der Waals surface area contributed by atoms with Crippen molar-refractivity contribution in [2.45, 2.75) is 4.90 Å². The van der Waals surface area contributed by atoms with Gasteiger partial charge in [-0.1, -0.05) is 36.4 Å². The fourth-order valence-corrected chi connectivity index (χ4v) is 4.18. The number of carbonyl (C=O) groups excluding carboxylic acids is 2. The summed E-state index contributed by atoms with van der Waals surface area (Å²) in [6.07, 6.45) is 1.45. The molecule has 0 aliphatic rings. The first-order valence-corrected chi connectivity index (χ1v) is 12.3. The quantitative estimate of drug-likeness (QED) is 0.161. The van der Waals surface area contributed by atoms with Gasteiger partial charge in [-0.25, -0.2) is 18.6 Å². The minimum Gasteiger partial charge on any atom is -0.423 e. The monoisotopic (exact) mass is 499 g/mol. The van der Waals surface area contributed by atoms with Crippen LogP contribution in [0.4, 0.5) is 5.69 Å². The molecular formula is C27H21N3O5S. The number of nitrogens with zero attached hydrogens (tertiary/aromatic N) is 1. The highest BCUT2D eigenvalue weighted by atomic mass is 32.2. The van der Waals surface area contributed by atoms with Gasteiger partial charge >= 0.3 is 5.97 Å². The SMILES string of the molecule is O=C(N/N=C/c1ccc(OC(=O)c2ccccc2)cc1)c1ccc(NS(=O)(=O)c2ccccc2)cc1. The number of esters is 1. The number of hydrogen-bond donors (Lipinski definition) is 2. The van der Waals surface area contributed by atoms with Gasteiger partial charge in [0.25, 0.3) is 15.9 Å². The van der Waals surface area contributed by atoms with Gasteiger partial charge < -0.3 is 4.74 Å². The maximum Gasteiger partial charge on any atom is 0.343 e. The summed E-state index contributed by atoms with van der Waals surface area (Å²) in [5.74, 6) is -0.534. The zero-order valence-electron chi connectivity index (χ0n) is 18.9. The van der Waals surface area contributed by atoms with E-state index in [9.17, 15) is 18.0 Å². The molecule has 36 heavy (non-hydrogen) atoms. The van der Waals surface area contributed by atoms with Crippen LogP contribution in [0.3, 0.4) is 0 Å². The molecule has 4 rings (SSSR count). The van der Waals surface area contributed by atoms with Crippen molar-refractivity contribution in [2.24, 2.45) is 5.10 Å². The van der Waals surface area contributed by atoms with Crippen LogP contribution in [-0.2, 0) is 10.0 Å². The third kappa shape index (κ3) is 6.43. The van der Waals surface area contributed by atoms with Crippen molar-refractivity contribution in [3.05, 3.63) is 126 Å². The summed E-state index contributed by atoms with van der Waals surface area (Å²) in [7, 11) is -3.72. The third-order valence-electron chi connectivity index (χ3n) is 4.93. The number of sulfonamides is 1. The Kier molecular flexibility index (Phi) is 7.52. The molecule has 8 nitrogen and oxygen atoms in total. The van der Waals surface area contributed by atoms with E-state index in [1.54, 1.807) is 66.7 Å². The Morgan fingerprint density at radius 2 is 1.33 bits per heavy atom. The maximum absolute atomic E-state index is 12.4. The summed E-state index contributed by atoms with van der Waals surface area (Å²) < 4.78 is 32.6. The molecule has 0 bridgehead atoms. The zero-order valence-corrected chi connectivity index (χ0v) is 19.7. The second kappa shape index (κ2) is 11.1. The number of carbonyl (C=O) groups is 2. The van der Waals surface area contributed by atoms with Crippen LogP contribution in [0, 0.1) is 0 Å². The first kappa shape index (κ1) is 24.4. The Labute approximate surface area is 208 Å². The van der Waals surface area contributed by atoms with E-state index < -0.39 is 21.9 Å². The Bertz CT molecular complexity index is 1470. The fourth-order valence-electron chi connectivity index (χ4n) is 3.10. The third-order valence-corrected chi connectivity index (χ3v) is 6.33. The van der Waals surface area contributed by atoms with E-state index in [0.29, 0.717) is 28.1 Å². The van der Waals surface area contributed by atoms with Crippen molar-refractivity contribution in [3.8, 4) is 5.75 Å². The number of ether oxygens (including phenoxy) is 1. The predicted octanol–water partition coefficient (Wildman–Crippen LogP) is 4.47. The Morgan fingerprint density at radius 1 is 0.722 bits per heavy atom. The molecule has 1 amide bonds. The van der Waals surface area contributed by atoms with Gasteiger partial charge in [-0.2, -0.15) is 5.10 Å². The number of anilines is 1. The zero-order chi connectivity index (χ0) is 25.4. The molecule has 0 heterocycles. The van der Waals surface area contributed by atoms with E-state index in [4.69, 9.17) is 4.74 Å². The van der Waals surface area contributed by atoms with Crippen LogP contribution in [-0.4, -0.2) is 26.5 Å². The normalized spacial score (nSPS) is 11.1. The Morgan fingerprint density at radius 3 is 1.97 bits per heavy atom. The number of hydrogen-bond acceptors (Lipinski definition) is 6. The van der Waals surface area contributed by atoms with Crippen molar-refractivity contribution in [3.63, 3.8) is 0 Å². The highest BCUT2D eigenvalue weighted by Gasteiger charge is 2.14. The van der Waals surface area contributed by atoms with Crippen molar-refractivity contribution >= 4 is 33.8 Å². The summed E-state index contributed by atoms with van der Waals surface area (Å²) >= 11 is 0. The number of benzene rings is 4. The van der Waals surface area contributed by atoms with Crippen molar-refractivity contribution < 1.29 is 22.7 Å². The van der Waals surface area contributed by atoms with Crippen molar-refractivity contribution in [1.29, 1.82) is 0 Å². The van der Waals surface area contributed by atoms with Crippen LogP contribution in [0.2, 0.25) is 0 Å². The largest absolute Gasteiger partial charge is 0.423 e. The summed E-state index contributed by atoms with van der Waals surface area (Å²) in [4.78, 5) is 24.6. The Hall–Kier alpha value is -4.76. The lowest BCUT2D eigenvalue weighted by Gasteiger charge is -2.08. The summed E-state index contributed by atoms with van der Waals surface area (Å²) in [5, 5.41) is 3.93. The molecule has 2 N–H and O–H groups in total. The molecule has 0 radical (unpaired) electrons. The van der Waals surface area contributed by atoms with Crippen LogP contribution < -0.4 is 14.9 Å². The average molecular weight is 500 g/mol. The highest BCUT2D eigenvalue weighted by molar-refractivity contribution is 7.92. The molecule has 180 valence electrons. The van der Waals surface area contributed by atoms with Gasteiger partial charge in [-0.3, -0.25) is 9.52 Å². The fraction of sp³-hybridized carbons (Fsp3) is 0. The predicted molar refractivity (Wildman–Crippen MR) is 137 cm³/mol. The second-order valence-electron chi connectivity index (χ2n) is 7.52. The minimum absolute atomic E-state index is 0.142. The van der Waals surface area contributed by atoms with Crippen molar-refractivity contribution in [2.75, 3.05) is 4.72 Å². The number of amides is 1. The molecule has 0 saturated carbocycles. The van der Waals surface area contributed by atoms with Crippen LogP contribution in [0.5, 0.6) is 5.75 Å². The molecule has 0 aliphatic heterocycles. The topological polar surface area (TPSA) is 114 Å². The Balaban J connectivity index is 1.30. The molecule has 0 atom stereocenters. The lowest BCUT2D eigenvalue weighted by Crippen LogP contribution is -2.18. The smallest absolute Gasteiger partial charge is 0.343 e. The molecule has 0 unspecified atom stereocenters. The number of hydrazone groups is 1. The molecule has 0 spiro atoms. The van der Waals surface area contributed by atoms with Crippen molar-refractivity contribution in [1.82, 2.24) is 5.43 Å². The van der Waals surface area contributed by atoms with Crippen LogP contribution in [0.15, 0.2) is 119 Å². The molecule has 4 aromatic carbocycles. The van der Waals surface area contributed by atoms with E-state index in [1.807, 2.05) is 6.07 Å². The molecule has 4 aromatic rings. The van der Waals surface area contributed by atoms with Gasteiger partial charge in [0.05, 0.1) is 16.7 Å². The van der Waals surface area contributed by atoms with Gasteiger partial charge in [0, 0.05) is 11.3 Å². The second-order valence-corrected chi connectivity index (χ2v) is 9.20. The van der Waals surface area contributed by atoms with E-state index in [1.165, 1.54) is 42.6 Å². The number of rotatable bonds is 8. The molecule has 0 fully saturated rings.